The highest BCUT2D eigenvalue weighted by Crippen LogP contribution is 2.45. The van der Waals surface area contributed by atoms with E-state index in [0.717, 1.165) is 109 Å². The van der Waals surface area contributed by atoms with Crippen LogP contribution >= 0.6 is 0 Å². The molecule has 5 heteroatoms. The van der Waals surface area contributed by atoms with Crippen molar-refractivity contribution in [3.63, 3.8) is 0 Å². The van der Waals surface area contributed by atoms with E-state index in [1.165, 1.54) is 0 Å². The highest BCUT2D eigenvalue weighted by molar-refractivity contribution is 6.26. The first-order valence-corrected chi connectivity index (χ1v) is 18.2. The molecule has 0 fully saturated rings. The molecule has 10 aromatic rings. The molecule has 0 heterocycles. The highest BCUT2D eigenvalue weighted by atomic mass is 16.5. The second-order valence-electron chi connectivity index (χ2n) is 14.3. The maximum atomic E-state index is 12.4. The molecule has 5 nitrogen and oxygen atoms in total. The lowest BCUT2D eigenvalue weighted by Gasteiger charge is -2.22. The van der Waals surface area contributed by atoms with E-state index in [0.29, 0.717) is 0 Å². The van der Waals surface area contributed by atoms with Crippen molar-refractivity contribution in [3.8, 4) is 5.75 Å². The molecule has 0 aliphatic carbocycles. The predicted molar refractivity (Wildman–Crippen MR) is 218 cm³/mol. The zero-order valence-electron chi connectivity index (χ0n) is 29.5. The summed E-state index contributed by atoms with van der Waals surface area (Å²) in [6.07, 6.45) is -2.59. The first-order valence-electron chi connectivity index (χ1n) is 18.2. The molecule has 3 atom stereocenters. The van der Waals surface area contributed by atoms with Gasteiger partial charge in [-0.2, -0.15) is 0 Å². The number of hydrogen-bond donors (Lipinski definition) is 4. The zero-order valence-corrected chi connectivity index (χ0v) is 29.5. The summed E-state index contributed by atoms with van der Waals surface area (Å²) in [5.74, 6) is 0.738. The van der Waals surface area contributed by atoms with Crippen molar-refractivity contribution < 1.29 is 25.2 Å². The molecule has 0 saturated carbocycles. The summed E-state index contributed by atoms with van der Waals surface area (Å²) in [6.45, 7) is -0.0473. The number of methoxy groups -OCH3 is 1. The van der Waals surface area contributed by atoms with Gasteiger partial charge in [-0.15, -0.1) is 0 Å². The Labute approximate surface area is 311 Å². The van der Waals surface area contributed by atoms with Gasteiger partial charge in [0.2, 0.25) is 0 Å². The second-order valence-corrected chi connectivity index (χ2v) is 14.3. The van der Waals surface area contributed by atoms with Crippen molar-refractivity contribution >= 4 is 64.6 Å². The van der Waals surface area contributed by atoms with Gasteiger partial charge in [-0.1, -0.05) is 133 Å². The van der Waals surface area contributed by atoms with Crippen molar-refractivity contribution in [1.82, 2.24) is 0 Å². The maximum Gasteiger partial charge on any atom is 0.118 e. The molecule has 0 radical (unpaired) electrons. The van der Waals surface area contributed by atoms with Crippen LogP contribution in [0.25, 0.3) is 64.6 Å². The molecule has 262 valence electrons. The van der Waals surface area contributed by atoms with Gasteiger partial charge in [-0.05, 0) is 116 Å². The Morgan fingerprint density at radius 1 is 0.389 bits per heavy atom. The quantitative estimate of drug-likeness (QED) is 0.118. The lowest BCUT2D eigenvalue weighted by molar-refractivity contribution is 0.221. The fourth-order valence-electron chi connectivity index (χ4n) is 8.76. The van der Waals surface area contributed by atoms with Crippen LogP contribution in [0.5, 0.6) is 5.75 Å². The third kappa shape index (κ3) is 4.87. The molecule has 0 aliphatic heterocycles. The Hall–Kier alpha value is -6.08. The van der Waals surface area contributed by atoms with Crippen molar-refractivity contribution in [3.05, 3.63) is 185 Å². The number of rotatable bonds is 8. The average Bonchev–Trinajstić information content (AvgIpc) is 3.23. The van der Waals surface area contributed by atoms with Gasteiger partial charge in [-0.3, -0.25) is 0 Å². The first-order chi connectivity index (χ1) is 26.4. The van der Waals surface area contributed by atoms with E-state index in [1.807, 2.05) is 72.8 Å². The highest BCUT2D eigenvalue weighted by Gasteiger charge is 2.24. The molecule has 3 unspecified atom stereocenters. The van der Waals surface area contributed by atoms with Gasteiger partial charge in [0.25, 0.3) is 0 Å². The predicted octanol–water partition coefficient (Wildman–Crippen LogP) is 10.2. The normalized spacial score (nSPS) is 13.9. The summed E-state index contributed by atoms with van der Waals surface area (Å²) >= 11 is 0. The van der Waals surface area contributed by atoms with E-state index in [1.54, 1.807) is 7.11 Å². The lowest BCUT2D eigenvalue weighted by Crippen LogP contribution is -2.04. The van der Waals surface area contributed by atoms with Gasteiger partial charge >= 0.3 is 0 Å². The molecule has 0 aromatic heterocycles. The van der Waals surface area contributed by atoms with Gasteiger partial charge < -0.3 is 25.2 Å². The standard InChI is InChI=1S/C49H36O5/c1-54-34-16-6-33(7-17-34)48(52)40-23-13-29-11-21-38-42(25-15-31-9-19-36(40)44(29)46(31)38)49(53)41-24-14-30-8-18-35-39(47(51)32-4-2-27(26-50)3-5-32)22-12-28-10-20-37(41)45(30)43(28)35/h2-25,47-53H,26H2,1H3. The molecule has 0 bridgehead atoms. The van der Waals surface area contributed by atoms with Crippen LogP contribution in [0.4, 0.5) is 0 Å². The molecule has 4 N–H and O–H groups in total. The number of ether oxygens (including phenoxy) is 1. The van der Waals surface area contributed by atoms with Crippen LogP contribution in [0.1, 0.15) is 57.3 Å². The van der Waals surface area contributed by atoms with E-state index >= 15 is 0 Å². The lowest BCUT2D eigenvalue weighted by atomic mass is 9.84. The van der Waals surface area contributed by atoms with E-state index in [2.05, 4.69) is 72.8 Å². The van der Waals surface area contributed by atoms with Crippen LogP contribution in [0.2, 0.25) is 0 Å². The van der Waals surface area contributed by atoms with Crippen molar-refractivity contribution in [2.75, 3.05) is 7.11 Å². The van der Waals surface area contributed by atoms with Crippen molar-refractivity contribution in [2.24, 2.45) is 0 Å². The fraction of sp³-hybridized carbons (Fsp3) is 0.102. The molecule has 10 aromatic carbocycles. The third-order valence-electron chi connectivity index (χ3n) is 11.6. The molecular formula is C49H36O5. The Morgan fingerprint density at radius 3 is 1.04 bits per heavy atom. The molecule has 0 amide bonds. The summed E-state index contributed by atoms with van der Waals surface area (Å²) in [6, 6.07) is 48.1. The van der Waals surface area contributed by atoms with Crippen LogP contribution in [-0.4, -0.2) is 27.5 Å². The van der Waals surface area contributed by atoms with Gasteiger partial charge in [-0.25, -0.2) is 0 Å². The Morgan fingerprint density at radius 2 is 0.704 bits per heavy atom. The zero-order chi connectivity index (χ0) is 36.7. The minimum absolute atomic E-state index is 0.0473. The van der Waals surface area contributed by atoms with Crippen molar-refractivity contribution in [2.45, 2.75) is 24.9 Å². The maximum absolute atomic E-state index is 12.4. The Kier molecular flexibility index (Phi) is 7.55. The summed E-state index contributed by atoms with van der Waals surface area (Å²) in [4.78, 5) is 0. The SMILES string of the molecule is COc1ccc(C(O)c2ccc3ccc4c(C(O)c5ccc6ccc7c(C(O)c8ccc(CO)cc8)ccc8ccc5c6c87)ccc5ccc2c3c54)cc1. The van der Waals surface area contributed by atoms with E-state index in [-0.39, 0.29) is 6.61 Å². The van der Waals surface area contributed by atoms with Gasteiger partial charge in [0.05, 0.1) is 13.7 Å². The van der Waals surface area contributed by atoms with Crippen LogP contribution < -0.4 is 4.74 Å². The van der Waals surface area contributed by atoms with Crippen LogP contribution in [0, 0.1) is 0 Å². The van der Waals surface area contributed by atoms with E-state index in [4.69, 9.17) is 4.74 Å². The summed E-state index contributed by atoms with van der Waals surface area (Å²) in [5.41, 5.74) is 5.60. The average molecular weight is 705 g/mol. The Bertz CT molecular complexity index is 2800. The first kappa shape index (κ1) is 32.6. The topological polar surface area (TPSA) is 90.2 Å². The molecule has 0 aliphatic rings. The second kappa shape index (κ2) is 12.5. The van der Waals surface area contributed by atoms with Crippen LogP contribution in [0.3, 0.4) is 0 Å². The molecular weight excluding hydrogens is 669 g/mol. The van der Waals surface area contributed by atoms with E-state index < -0.39 is 18.3 Å². The summed E-state index contributed by atoms with van der Waals surface area (Å²) < 4.78 is 5.34. The molecule has 0 saturated heterocycles. The summed E-state index contributed by atoms with van der Waals surface area (Å²) in [7, 11) is 1.63. The largest absolute Gasteiger partial charge is 0.497 e. The third-order valence-corrected chi connectivity index (χ3v) is 11.6. The monoisotopic (exact) mass is 704 g/mol. The number of aliphatic hydroxyl groups excluding tert-OH is 4. The van der Waals surface area contributed by atoms with Crippen LogP contribution in [0.15, 0.2) is 146 Å². The minimum Gasteiger partial charge on any atom is -0.497 e. The van der Waals surface area contributed by atoms with Crippen molar-refractivity contribution in [1.29, 1.82) is 0 Å². The number of aliphatic hydroxyl groups is 4. The molecule has 10 rings (SSSR count). The smallest absolute Gasteiger partial charge is 0.118 e. The Balaban J connectivity index is 1.12. The van der Waals surface area contributed by atoms with Gasteiger partial charge in [0.15, 0.2) is 0 Å². The van der Waals surface area contributed by atoms with Gasteiger partial charge in [0.1, 0.15) is 24.1 Å². The van der Waals surface area contributed by atoms with E-state index in [9.17, 15) is 20.4 Å². The fourth-order valence-corrected chi connectivity index (χ4v) is 8.76. The molecule has 0 spiro atoms. The van der Waals surface area contributed by atoms with Crippen LogP contribution in [-0.2, 0) is 6.61 Å². The minimum atomic E-state index is -0.918. The van der Waals surface area contributed by atoms with Gasteiger partial charge in [0, 0.05) is 0 Å². The summed E-state index contributed by atoms with van der Waals surface area (Å²) in [5, 5.41) is 57.5. The number of hydrogen-bond acceptors (Lipinski definition) is 5. The number of benzene rings is 10. The molecule has 54 heavy (non-hydrogen) atoms.